The second-order valence-corrected chi connectivity index (χ2v) is 4.45. The van der Waals surface area contributed by atoms with E-state index in [1.807, 2.05) is 0 Å². The van der Waals surface area contributed by atoms with Crippen molar-refractivity contribution in [3.05, 3.63) is 27.2 Å². The highest BCUT2D eigenvalue weighted by Gasteiger charge is 2.13. The number of amides is 1. The molecule has 0 saturated carbocycles. The van der Waals surface area contributed by atoms with Crippen molar-refractivity contribution in [2.75, 3.05) is 12.4 Å². The third kappa shape index (κ3) is 3.17. The number of nitrogens with one attached hydrogen (secondary N) is 2. The summed E-state index contributed by atoms with van der Waals surface area (Å²) >= 11 is 17.6. The number of anilines is 1. The maximum atomic E-state index is 11.3. The largest absolute Gasteiger partial charge is 0.373 e. The van der Waals surface area contributed by atoms with Crippen LogP contribution in [-0.4, -0.2) is 19.0 Å². The molecule has 0 aliphatic heterocycles. The molecule has 0 radical (unpaired) electrons. The standard InChI is InChI=1S/C10H11Cl3N2O/c1-5(10(16)14-2)15-9-4-7(12)6(11)3-8(9)13/h3-5,15H,1-2H3,(H,14,16). The minimum Gasteiger partial charge on any atom is -0.373 e. The molecule has 3 nitrogen and oxygen atoms in total. The number of benzene rings is 1. The first-order valence-electron chi connectivity index (χ1n) is 4.58. The van der Waals surface area contributed by atoms with Gasteiger partial charge in [-0.25, -0.2) is 0 Å². The monoisotopic (exact) mass is 280 g/mol. The Balaban J connectivity index is 2.89. The van der Waals surface area contributed by atoms with E-state index in [-0.39, 0.29) is 5.91 Å². The van der Waals surface area contributed by atoms with Crippen molar-refractivity contribution >= 4 is 46.4 Å². The average molecular weight is 282 g/mol. The molecular weight excluding hydrogens is 270 g/mol. The molecule has 1 aromatic carbocycles. The van der Waals surface area contributed by atoms with Crippen LogP contribution in [0, 0.1) is 0 Å². The Morgan fingerprint density at radius 2 is 1.75 bits per heavy atom. The molecule has 2 N–H and O–H groups in total. The molecule has 16 heavy (non-hydrogen) atoms. The lowest BCUT2D eigenvalue weighted by Crippen LogP contribution is -2.35. The lowest BCUT2D eigenvalue weighted by atomic mass is 10.2. The van der Waals surface area contributed by atoms with Crippen LogP contribution in [0.3, 0.4) is 0 Å². The van der Waals surface area contributed by atoms with Gasteiger partial charge in [0.05, 0.1) is 20.8 Å². The van der Waals surface area contributed by atoms with E-state index >= 15 is 0 Å². The van der Waals surface area contributed by atoms with Crippen LogP contribution >= 0.6 is 34.8 Å². The zero-order valence-electron chi connectivity index (χ0n) is 8.77. The summed E-state index contributed by atoms with van der Waals surface area (Å²) in [6, 6.07) is 2.72. The molecule has 0 aromatic heterocycles. The molecule has 1 amide bonds. The summed E-state index contributed by atoms with van der Waals surface area (Å²) in [6.07, 6.45) is 0. The highest BCUT2D eigenvalue weighted by molar-refractivity contribution is 6.44. The summed E-state index contributed by atoms with van der Waals surface area (Å²) in [7, 11) is 1.57. The predicted molar refractivity (Wildman–Crippen MR) is 68.6 cm³/mol. The van der Waals surface area contributed by atoms with Crippen molar-refractivity contribution in [1.29, 1.82) is 0 Å². The van der Waals surface area contributed by atoms with E-state index in [4.69, 9.17) is 34.8 Å². The van der Waals surface area contributed by atoms with Crippen molar-refractivity contribution in [2.24, 2.45) is 0 Å². The Kier molecular flexibility index (Phi) is 4.71. The van der Waals surface area contributed by atoms with Crippen LogP contribution in [-0.2, 0) is 4.79 Å². The molecule has 0 aliphatic carbocycles. The van der Waals surface area contributed by atoms with Crippen molar-refractivity contribution in [3.8, 4) is 0 Å². The molecule has 0 heterocycles. The number of likely N-dealkylation sites (N-methyl/N-ethyl adjacent to an activating group) is 1. The fourth-order valence-corrected chi connectivity index (χ4v) is 1.75. The Bertz CT molecular complexity index is 409. The van der Waals surface area contributed by atoms with Gasteiger partial charge in [-0.1, -0.05) is 34.8 Å². The van der Waals surface area contributed by atoms with Gasteiger partial charge in [0.1, 0.15) is 6.04 Å². The minimum absolute atomic E-state index is 0.137. The maximum absolute atomic E-state index is 11.3. The number of rotatable bonds is 3. The van der Waals surface area contributed by atoms with Crippen LogP contribution in [0.1, 0.15) is 6.92 Å². The topological polar surface area (TPSA) is 41.1 Å². The summed E-state index contributed by atoms with van der Waals surface area (Å²) in [5.74, 6) is -0.137. The van der Waals surface area contributed by atoms with Crippen LogP contribution < -0.4 is 10.6 Å². The quantitative estimate of drug-likeness (QED) is 0.836. The first-order valence-corrected chi connectivity index (χ1v) is 5.71. The average Bonchev–Trinajstić information content (AvgIpc) is 2.24. The van der Waals surface area contributed by atoms with E-state index in [9.17, 15) is 4.79 Å². The minimum atomic E-state index is -0.403. The molecule has 1 aromatic rings. The van der Waals surface area contributed by atoms with Crippen molar-refractivity contribution < 1.29 is 4.79 Å². The van der Waals surface area contributed by atoms with Gasteiger partial charge in [0.15, 0.2) is 0 Å². The Morgan fingerprint density at radius 1 is 1.19 bits per heavy atom. The third-order valence-electron chi connectivity index (χ3n) is 2.02. The lowest BCUT2D eigenvalue weighted by Gasteiger charge is -2.15. The lowest BCUT2D eigenvalue weighted by molar-refractivity contribution is -0.121. The molecular formula is C10H11Cl3N2O. The van der Waals surface area contributed by atoms with E-state index < -0.39 is 6.04 Å². The summed E-state index contributed by atoms with van der Waals surface area (Å²) < 4.78 is 0. The molecule has 1 unspecified atom stereocenters. The van der Waals surface area contributed by atoms with Gasteiger partial charge in [-0.2, -0.15) is 0 Å². The molecule has 0 spiro atoms. The van der Waals surface area contributed by atoms with Crippen LogP contribution in [0.2, 0.25) is 15.1 Å². The highest BCUT2D eigenvalue weighted by Crippen LogP contribution is 2.32. The van der Waals surface area contributed by atoms with Crippen molar-refractivity contribution in [2.45, 2.75) is 13.0 Å². The molecule has 0 bridgehead atoms. The molecule has 88 valence electrons. The van der Waals surface area contributed by atoms with E-state index in [1.165, 1.54) is 6.07 Å². The first kappa shape index (κ1) is 13.4. The van der Waals surface area contributed by atoms with Crippen LogP contribution in [0.15, 0.2) is 12.1 Å². The van der Waals surface area contributed by atoms with Crippen molar-refractivity contribution in [1.82, 2.24) is 5.32 Å². The normalized spacial score (nSPS) is 12.1. The molecule has 6 heteroatoms. The Hall–Kier alpha value is -0.640. The summed E-state index contributed by atoms with van der Waals surface area (Å²) in [4.78, 5) is 11.3. The molecule has 1 atom stereocenters. The number of carbonyl (C=O) groups excluding carboxylic acids is 1. The van der Waals surface area contributed by atoms with Crippen LogP contribution in [0.4, 0.5) is 5.69 Å². The Morgan fingerprint density at radius 3 is 2.31 bits per heavy atom. The van der Waals surface area contributed by atoms with Crippen LogP contribution in [0.5, 0.6) is 0 Å². The zero-order valence-corrected chi connectivity index (χ0v) is 11.0. The van der Waals surface area contributed by atoms with Gasteiger partial charge in [0, 0.05) is 7.05 Å². The van der Waals surface area contributed by atoms with Crippen LogP contribution in [0.25, 0.3) is 0 Å². The molecule has 1 rings (SSSR count). The van der Waals surface area contributed by atoms with Gasteiger partial charge >= 0.3 is 0 Å². The molecule has 0 aliphatic rings. The van der Waals surface area contributed by atoms with Gasteiger partial charge < -0.3 is 10.6 Å². The zero-order chi connectivity index (χ0) is 12.3. The molecule has 0 saturated heterocycles. The van der Waals surface area contributed by atoms with Gasteiger partial charge in [-0.05, 0) is 19.1 Å². The number of carbonyl (C=O) groups is 1. The SMILES string of the molecule is CNC(=O)C(C)Nc1cc(Cl)c(Cl)cc1Cl. The second-order valence-electron chi connectivity index (χ2n) is 3.23. The van der Waals surface area contributed by atoms with E-state index in [0.29, 0.717) is 20.8 Å². The maximum Gasteiger partial charge on any atom is 0.241 e. The second kappa shape index (κ2) is 5.62. The Labute approximate surface area is 109 Å². The van der Waals surface area contributed by atoms with Gasteiger partial charge in [0.2, 0.25) is 5.91 Å². The van der Waals surface area contributed by atoms with Gasteiger partial charge in [-0.3, -0.25) is 4.79 Å². The molecule has 0 fully saturated rings. The van der Waals surface area contributed by atoms with E-state index in [1.54, 1.807) is 20.0 Å². The number of hydrogen-bond donors (Lipinski definition) is 2. The van der Waals surface area contributed by atoms with Gasteiger partial charge in [0.25, 0.3) is 0 Å². The number of halogens is 3. The fraction of sp³-hybridized carbons (Fsp3) is 0.300. The van der Waals surface area contributed by atoms with E-state index in [2.05, 4.69) is 10.6 Å². The summed E-state index contributed by atoms with van der Waals surface area (Å²) in [5.41, 5.74) is 0.576. The highest BCUT2D eigenvalue weighted by atomic mass is 35.5. The number of hydrogen-bond acceptors (Lipinski definition) is 2. The first-order chi connectivity index (χ1) is 7.45. The fourth-order valence-electron chi connectivity index (χ4n) is 1.15. The van der Waals surface area contributed by atoms with Crippen molar-refractivity contribution in [3.63, 3.8) is 0 Å². The third-order valence-corrected chi connectivity index (χ3v) is 3.06. The van der Waals surface area contributed by atoms with Gasteiger partial charge in [-0.15, -0.1) is 0 Å². The summed E-state index contributed by atoms with van der Waals surface area (Å²) in [5, 5.41) is 6.66. The smallest absolute Gasteiger partial charge is 0.241 e. The summed E-state index contributed by atoms with van der Waals surface area (Å²) in [6.45, 7) is 1.72. The van der Waals surface area contributed by atoms with E-state index in [0.717, 1.165) is 0 Å². The predicted octanol–water partition coefficient (Wildman–Crippen LogP) is 3.19.